The maximum absolute atomic E-state index is 13.9. The number of aromatic nitrogens is 5. The van der Waals surface area contributed by atoms with E-state index in [-0.39, 0.29) is 5.95 Å². The van der Waals surface area contributed by atoms with E-state index in [4.69, 9.17) is 0 Å². The summed E-state index contributed by atoms with van der Waals surface area (Å²) in [6.45, 7) is 1.74. The summed E-state index contributed by atoms with van der Waals surface area (Å²) in [5, 5.41) is 13.2. The summed E-state index contributed by atoms with van der Waals surface area (Å²) in [7, 11) is 0. The summed E-state index contributed by atoms with van der Waals surface area (Å²) in [5.41, 5.74) is 1.42. The molecule has 9 heteroatoms. The maximum atomic E-state index is 13.9. The number of halogens is 2. The van der Waals surface area contributed by atoms with Gasteiger partial charge >= 0.3 is 0 Å². The minimum Gasteiger partial charge on any atom is -0.347 e. The Labute approximate surface area is 148 Å². The molecule has 1 saturated carbocycles. The van der Waals surface area contributed by atoms with Crippen molar-refractivity contribution in [1.82, 2.24) is 25.1 Å². The molecule has 4 rings (SSSR count). The molecular weight excluding hydrogens is 340 g/mol. The first-order valence-corrected chi connectivity index (χ1v) is 8.31. The number of hydrogen-bond donors (Lipinski definition) is 3. The predicted molar refractivity (Wildman–Crippen MR) is 92.1 cm³/mol. The van der Waals surface area contributed by atoms with E-state index in [0.717, 1.165) is 11.8 Å². The van der Waals surface area contributed by atoms with Crippen molar-refractivity contribution in [3.05, 3.63) is 53.5 Å². The lowest BCUT2D eigenvalue weighted by Gasteiger charge is -2.15. The van der Waals surface area contributed by atoms with Crippen LogP contribution >= 0.6 is 0 Å². The van der Waals surface area contributed by atoms with Crippen LogP contribution in [0.4, 0.5) is 26.5 Å². The van der Waals surface area contributed by atoms with Crippen molar-refractivity contribution in [3.63, 3.8) is 0 Å². The van der Waals surface area contributed by atoms with Crippen molar-refractivity contribution in [2.24, 2.45) is 0 Å². The normalized spacial score (nSPS) is 14.9. The van der Waals surface area contributed by atoms with Gasteiger partial charge in [0, 0.05) is 29.3 Å². The average Bonchev–Trinajstić information content (AvgIpc) is 3.35. The highest BCUT2D eigenvalue weighted by atomic mass is 19.1. The molecule has 1 aromatic carbocycles. The molecule has 0 unspecified atom stereocenters. The van der Waals surface area contributed by atoms with Crippen molar-refractivity contribution in [2.45, 2.75) is 31.7 Å². The number of hydrogen-bond acceptors (Lipinski definition) is 6. The van der Waals surface area contributed by atoms with E-state index in [9.17, 15) is 8.78 Å². The molecule has 0 saturated heterocycles. The minimum absolute atomic E-state index is 0.275. The first kappa shape index (κ1) is 16.4. The molecule has 0 radical (unpaired) electrons. The summed E-state index contributed by atoms with van der Waals surface area (Å²) in [6.07, 6.45) is 3.71. The number of benzene rings is 1. The SMILES string of the molecule is C[C@H](Nc1ncnc(Nc2cc(C3CC3)[nH]n2)n1)c1ccc(F)cc1F. The molecule has 1 atom stereocenters. The third-order valence-electron chi connectivity index (χ3n) is 4.20. The molecular formula is C17H17F2N7. The van der Waals surface area contributed by atoms with E-state index < -0.39 is 17.7 Å². The van der Waals surface area contributed by atoms with Gasteiger partial charge in [0.15, 0.2) is 5.82 Å². The zero-order valence-corrected chi connectivity index (χ0v) is 14.0. The van der Waals surface area contributed by atoms with Crippen LogP contribution in [0.5, 0.6) is 0 Å². The molecule has 7 nitrogen and oxygen atoms in total. The second kappa shape index (κ2) is 6.66. The van der Waals surface area contributed by atoms with Crippen LogP contribution in [-0.4, -0.2) is 25.1 Å². The molecule has 2 aromatic heterocycles. The predicted octanol–water partition coefficient (Wildman–Crippen LogP) is 3.67. The Balaban J connectivity index is 1.46. The van der Waals surface area contributed by atoms with Crippen LogP contribution < -0.4 is 10.6 Å². The van der Waals surface area contributed by atoms with E-state index in [1.54, 1.807) is 6.92 Å². The molecule has 0 aliphatic heterocycles. The van der Waals surface area contributed by atoms with E-state index in [1.165, 1.54) is 31.3 Å². The second-order valence-electron chi connectivity index (χ2n) is 6.27. The number of rotatable bonds is 6. The Bertz CT molecular complexity index is 923. The van der Waals surface area contributed by atoms with Gasteiger partial charge in [-0.25, -0.2) is 18.7 Å². The smallest absolute Gasteiger partial charge is 0.233 e. The molecule has 1 aliphatic rings. The Hall–Kier alpha value is -3.10. The van der Waals surface area contributed by atoms with E-state index in [1.807, 2.05) is 6.07 Å². The highest BCUT2D eigenvalue weighted by Crippen LogP contribution is 2.39. The monoisotopic (exact) mass is 357 g/mol. The lowest BCUT2D eigenvalue weighted by molar-refractivity contribution is 0.566. The molecule has 0 amide bonds. The lowest BCUT2D eigenvalue weighted by Crippen LogP contribution is -2.12. The van der Waals surface area contributed by atoms with Crippen LogP contribution in [0.25, 0.3) is 0 Å². The van der Waals surface area contributed by atoms with Gasteiger partial charge < -0.3 is 10.6 Å². The Morgan fingerprint density at radius 1 is 1.15 bits per heavy atom. The Kier molecular flexibility index (Phi) is 4.19. The molecule has 3 aromatic rings. The molecule has 0 bridgehead atoms. The summed E-state index contributed by atoms with van der Waals surface area (Å²) >= 11 is 0. The van der Waals surface area contributed by atoms with Crippen molar-refractivity contribution in [3.8, 4) is 0 Å². The fourth-order valence-electron chi connectivity index (χ4n) is 2.67. The van der Waals surface area contributed by atoms with Gasteiger partial charge in [-0.15, -0.1) is 0 Å². The van der Waals surface area contributed by atoms with Crippen LogP contribution in [0.15, 0.2) is 30.6 Å². The van der Waals surface area contributed by atoms with Crippen LogP contribution in [-0.2, 0) is 0 Å². The van der Waals surface area contributed by atoms with Crippen molar-refractivity contribution in [1.29, 1.82) is 0 Å². The van der Waals surface area contributed by atoms with Crippen molar-refractivity contribution in [2.75, 3.05) is 10.6 Å². The number of anilines is 3. The first-order chi connectivity index (χ1) is 12.6. The van der Waals surface area contributed by atoms with Crippen LogP contribution in [0.2, 0.25) is 0 Å². The van der Waals surface area contributed by atoms with Crippen LogP contribution in [0, 0.1) is 11.6 Å². The third-order valence-corrected chi connectivity index (χ3v) is 4.20. The Morgan fingerprint density at radius 2 is 1.96 bits per heavy atom. The molecule has 2 heterocycles. The third kappa shape index (κ3) is 3.61. The van der Waals surface area contributed by atoms with Crippen molar-refractivity contribution < 1.29 is 8.78 Å². The van der Waals surface area contributed by atoms with Gasteiger partial charge in [0.1, 0.15) is 18.0 Å². The van der Waals surface area contributed by atoms with E-state index >= 15 is 0 Å². The molecule has 0 spiro atoms. The molecule has 3 N–H and O–H groups in total. The summed E-state index contributed by atoms with van der Waals surface area (Å²) in [5.74, 6) is 0.553. The van der Waals surface area contributed by atoms with Crippen molar-refractivity contribution >= 4 is 17.7 Å². The molecule has 1 aliphatic carbocycles. The van der Waals surface area contributed by atoms with E-state index in [2.05, 4.69) is 35.8 Å². The zero-order valence-electron chi connectivity index (χ0n) is 14.0. The minimum atomic E-state index is -0.624. The fraction of sp³-hybridized carbons (Fsp3) is 0.294. The highest BCUT2D eigenvalue weighted by molar-refractivity contribution is 5.49. The van der Waals surface area contributed by atoms with Gasteiger partial charge in [-0.05, 0) is 25.8 Å². The average molecular weight is 357 g/mol. The summed E-state index contributed by atoms with van der Waals surface area (Å²) in [6, 6.07) is 4.95. The first-order valence-electron chi connectivity index (χ1n) is 8.31. The number of H-pyrrole nitrogens is 1. The molecule has 1 fully saturated rings. The second-order valence-corrected chi connectivity index (χ2v) is 6.27. The van der Waals surface area contributed by atoms with Crippen LogP contribution in [0.3, 0.4) is 0 Å². The largest absolute Gasteiger partial charge is 0.347 e. The van der Waals surface area contributed by atoms with Gasteiger partial charge in [0.25, 0.3) is 0 Å². The van der Waals surface area contributed by atoms with Gasteiger partial charge in [0.2, 0.25) is 11.9 Å². The maximum Gasteiger partial charge on any atom is 0.233 e. The van der Waals surface area contributed by atoms with Gasteiger partial charge in [0.05, 0.1) is 6.04 Å². The number of nitrogens with one attached hydrogen (secondary N) is 3. The van der Waals surface area contributed by atoms with Gasteiger partial charge in [-0.1, -0.05) is 6.07 Å². The van der Waals surface area contributed by atoms with Gasteiger partial charge in [-0.2, -0.15) is 10.1 Å². The number of aromatic amines is 1. The quantitative estimate of drug-likeness (QED) is 0.623. The topological polar surface area (TPSA) is 91.4 Å². The lowest BCUT2D eigenvalue weighted by atomic mass is 10.1. The summed E-state index contributed by atoms with van der Waals surface area (Å²) in [4.78, 5) is 12.4. The molecule has 134 valence electrons. The standard InChI is InChI=1S/C17H17F2N7/c1-9(12-5-4-11(18)6-13(12)19)22-16-20-8-21-17(24-16)23-15-7-14(25-26-15)10-2-3-10/h4-10H,2-3H2,1H3,(H3,20,21,22,23,24,25,26)/t9-/m0/s1. The number of nitrogens with zero attached hydrogens (tertiary/aromatic N) is 4. The zero-order chi connectivity index (χ0) is 18.1. The van der Waals surface area contributed by atoms with Crippen LogP contribution in [0.1, 0.15) is 43.0 Å². The van der Waals surface area contributed by atoms with Gasteiger partial charge in [-0.3, -0.25) is 5.10 Å². The highest BCUT2D eigenvalue weighted by Gasteiger charge is 2.25. The summed E-state index contributed by atoms with van der Waals surface area (Å²) < 4.78 is 26.9. The molecule has 26 heavy (non-hydrogen) atoms. The Morgan fingerprint density at radius 3 is 2.73 bits per heavy atom. The van der Waals surface area contributed by atoms with E-state index in [0.29, 0.717) is 23.2 Å². The fourth-order valence-corrected chi connectivity index (χ4v) is 2.67.